The molecule has 0 atom stereocenters. The molecule has 1 N–H and O–H groups in total. The fourth-order valence-corrected chi connectivity index (χ4v) is 4.65. The topological polar surface area (TPSA) is 62.0 Å². The van der Waals surface area contributed by atoms with Gasteiger partial charge in [-0.25, -0.2) is 4.68 Å². The molecule has 5 nitrogen and oxygen atoms in total. The predicted molar refractivity (Wildman–Crippen MR) is 133 cm³/mol. The van der Waals surface area contributed by atoms with Gasteiger partial charge in [-0.15, -0.1) is 0 Å². The lowest BCUT2D eigenvalue weighted by Gasteiger charge is -2.31. The van der Waals surface area contributed by atoms with Crippen LogP contribution in [-0.4, -0.2) is 45.8 Å². The van der Waals surface area contributed by atoms with Crippen molar-refractivity contribution in [3.8, 4) is 5.69 Å². The molecule has 0 aliphatic carbocycles. The molecule has 1 aliphatic heterocycles. The molecule has 33 heavy (non-hydrogen) atoms. The van der Waals surface area contributed by atoms with Crippen molar-refractivity contribution >= 4 is 11.5 Å². The molecule has 1 fully saturated rings. The first-order valence-electron chi connectivity index (χ1n) is 12.0. The van der Waals surface area contributed by atoms with Gasteiger partial charge in [0.1, 0.15) is 0 Å². The van der Waals surface area contributed by atoms with Crippen LogP contribution in [0, 0.1) is 11.3 Å². The van der Waals surface area contributed by atoms with Gasteiger partial charge >= 0.3 is 0 Å². The first kappa shape index (κ1) is 23.1. The lowest BCUT2D eigenvalue weighted by molar-refractivity contribution is -0.114. The van der Waals surface area contributed by atoms with Gasteiger partial charge in [0.15, 0.2) is 5.78 Å². The smallest absolute Gasteiger partial charge is 0.190 e. The highest BCUT2D eigenvalue weighted by Gasteiger charge is 2.23. The van der Waals surface area contributed by atoms with Gasteiger partial charge < -0.3 is 5.41 Å². The predicted octanol–water partition coefficient (Wildman–Crippen LogP) is 5.08. The molecule has 0 unspecified atom stereocenters. The molecule has 0 saturated carbocycles. The number of benzene rings is 2. The quantitative estimate of drug-likeness (QED) is 0.470. The van der Waals surface area contributed by atoms with E-state index in [1.54, 1.807) is 0 Å². The molecule has 1 saturated heterocycles. The van der Waals surface area contributed by atoms with Crippen molar-refractivity contribution in [2.24, 2.45) is 5.92 Å². The molecule has 1 aromatic heterocycles. The zero-order valence-electron chi connectivity index (χ0n) is 19.7. The van der Waals surface area contributed by atoms with Crippen LogP contribution in [0.25, 0.3) is 5.69 Å². The highest BCUT2D eigenvalue weighted by molar-refractivity contribution is 6.39. The average molecular weight is 443 g/mol. The summed E-state index contributed by atoms with van der Waals surface area (Å²) in [6.45, 7) is 6.52. The Morgan fingerprint density at radius 2 is 1.67 bits per heavy atom. The summed E-state index contributed by atoms with van der Waals surface area (Å²) >= 11 is 0. The van der Waals surface area contributed by atoms with Crippen LogP contribution in [0.15, 0.2) is 66.7 Å². The SMILES string of the molecule is CC(C)Cc1cc(CC(=N)C(=O)CN2CCC(c3ccccc3)CC2)nn1-c1ccccc1. The van der Waals surface area contributed by atoms with E-state index in [1.807, 2.05) is 35.0 Å². The Morgan fingerprint density at radius 3 is 2.30 bits per heavy atom. The van der Waals surface area contributed by atoms with E-state index < -0.39 is 0 Å². The number of carbonyl (C=O) groups excluding carboxylic acids is 1. The third kappa shape index (κ3) is 6.05. The monoisotopic (exact) mass is 442 g/mol. The molecule has 2 heterocycles. The number of aromatic nitrogens is 2. The zero-order chi connectivity index (χ0) is 23.2. The van der Waals surface area contributed by atoms with Gasteiger partial charge in [-0.05, 0) is 68.0 Å². The summed E-state index contributed by atoms with van der Waals surface area (Å²) in [7, 11) is 0. The fraction of sp³-hybridized carbons (Fsp3) is 0.393. The van der Waals surface area contributed by atoms with Gasteiger partial charge in [0.05, 0.1) is 23.6 Å². The van der Waals surface area contributed by atoms with Crippen LogP contribution in [-0.2, 0) is 17.6 Å². The maximum absolute atomic E-state index is 12.8. The van der Waals surface area contributed by atoms with Crippen LogP contribution in [0.1, 0.15) is 49.6 Å². The Morgan fingerprint density at radius 1 is 1.03 bits per heavy atom. The molecule has 4 rings (SSSR count). The summed E-state index contributed by atoms with van der Waals surface area (Å²) < 4.78 is 1.96. The standard InChI is InChI=1S/C28H34N4O/c1-21(2)17-26-18-24(30-32(26)25-11-7-4-8-12-25)19-27(29)28(33)20-31-15-13-23(14-16-31)22-9-5-3-6-10-22/h3-12,18,21,23,29H,13-17,19-20H2,1-2H3. The van der Waals surface area contributed by atoms with Gasteiger partial charge in [-0.1, -0.05) is 62.4 Å². The number of nitrogens with one attached hydrogen (secondary N) is 1. The average Bonchev–Trinajstić information content (AvgIpc) is 3.22. The number of piperidine rings is 1. The molecule has 0 bridgehead atoms. The number of hydrogen-bond acceptors (Lipinski definition) is 4. The summed E-state index contributed by atoms with van der Waals surface area (Å²) in [5.41, 5.74) is 4.46. The minimum atomic E-state index is -0.0900. The molecular formula is C28H34N4O. The lowest BCUT2D eigenvalue weighted by Crippen LogP contribution is -2.39. The van der Waals surface area contributed by atoms with Crippen LogP contribution in [0.4, 0.5) is 0 Å². The largest absolute Gasteiger partial charge is 0.301 e. The number of Topliss-reactive ketones (excluding diaryl/α,β-unsaturated/α-hetero) is 1. The van der Waals surface area contributed by atoms with Crippen molar-refractivity contribution in [2.45, 2.75) is 45.4 Å². The first-order valence-corrected chi connectivity index (χ1v) is 12.0. The second-order valence-corrected chi connectivity index (χ2v) is 9.51. The lowest BCUT2D eigenvalue weighted by atomic mass is 9.89. The number of likely N-dealkylation sites (tertiary alicyclic amines) is 1. The number of rotatable bonds is 9. The summed E-state index contributed by atoms with van der Waals surface area (Å²) in [4.78, 5) is 15.0. The van der Waals surface area contributed by atoms with Crippen LogP contribution in [0.3, 0.4) is 0 Å². The van der Waals surface area contributed by atoms with Crippen molar-refractivity contribution in [3.05, 3.63) is 83.7 Å². The molecule has 3 aromatic rings. The third-order valence-corrected chi connectivity index (χ3v) is 6.37. The molecule has 0 amide bonds. The third-order valence-electron chi connectivity index (χ3n) is 6.37. The van der Waals surface area contributed by atoms with Crippen molar-refractivity contribution < 1.29 is 4.79 Å². The first-order chi connectivity index (χ1) is 16.0. The van der Waals surface area contributed by atoms with E-state index in [1.165, 1.54) is 5.56 Å². The van der Waals surface area contributed by atoms with E-state index in [0.29, 0.717) is 18.4 Å². The number of para-hydroxylation sites is 1. The zero-order valence-corrected chi connectivity index (χ0v) is 19.7. The number of ketones is 1. The van der Waals surface area contributed by atoms with Crippen LogP contribution >= 0.6 is 0 Å². The Hall–Kier alpha value is -3.05. The van der Waals surface area contributed by atoms with Gasteiger partial charge in [-0.2, -0.15) is 5.10 Å². The Kier molecular flexibility index (Phi) is 7.50. The number of hydrogen-bond donors (Lipinski definition) is 1. The Balaban J connectivity index is 1.35. The van der Waals surface area contributed by atoms with Crippen molar-refractivity contribution in [1.29, 1.82) is 5.41 Å². The molecule has 5 heteroatoms. The fourth-order valence-electron chi connectivity index (χ4n) is 4.65. The van der Waals surface area contributed by atoms with E-state index in [0.717, 1.165) is 49.4 Å². The van der Waals surface area contributed by atoms with Gasteiger partial charge in [0.25, 0.3) is 0 Å². The molecule has 0 radical (unpaired) electrons. The van der Waals surface area contributed by atoms with Crippen LogP contribution in [0.2, 0.25) is 0 Å². The maximum Gasteiger partial charge on any atom is 0.190 e. The van der Waals surface area contributed by atoms with E-state index in [-0.39, 0.29) is 17.9 Å². The van der Waals surface area contributed by atoms with E-state index >= 15 is 0 Å². The van der Waals surface area contributed by atoms with Gasteiger partial charge in [0.2, 0.25) is 0 Å². The van der Waals surface area contributed by atoms with Gasteiger partial charge in [0, 0.05) is 12.1 Å². The van der Waals surface area contributed by atoms with Crippen molar-refractivity contribution in [2.75, 3.05) is 19.6 Å². The minimum Gasteiger partial charge on any atom is -0.301 e. The summed E-state index contributed by atoms with van der Waals surface area (Å²) in [5, 5.41) is 13.2. The summed E-state index contributed by atoms with van der Waals surface area (Å²) in [6, 6.07) is 22.8. The Bertz CT molecular complexity index is 1060. The van der Waals surface area contributed by atoms with Crippen LogP contribution < -0.4 is 0 Å². The molecule has 2 aromatic carbocycles. The Labute approximate surface area is 196 Å². The van der Waals surface area contributed by atoms with E-state index in [4.69, 9.17) is 10.5 Å². The van der Waals surface area contributed by atoms with Gasteiger partial charge in [-0.3, -0.25) is 9.69 Å². The summed E-state index contributed by atoms with van der Waals surface area (Å²) in [5.74, 6) is 0.975. The molecule has 172 valence electrons. The molecular weight excluding hydrogens is 408 g/mol. The number of nitrogens with zero attached hydrogens (tertiary/aromatic N) is 3. The maximum atomic E-state index is 12.8. The van der Waals surface area contributed by atoms with E-state index in [2.05, 4.69) is 55.1 Å². The minimum absolute atomic E-state index is 0.0900. The molecule has 0 spiro atoms. The van der Waals surface area contributed by atoms with Crippen molar-refractivity contribution in [1.82, 2.24) is 14.7 Å². The highest BCUT2D eigenvalue weighted by Crippen LogP contribution is 2.27. The normalized spacial score (nSPS) is 15.1. The van der Waals surface area contributed by atoms with Crippen molar-refractivity contribution in [3.63, 3.8) is 0 Å². The second-order valence-electron chi connectivity index (χ2n) is 9.51. The number of carbonyl (C=O) groups is 1. The second kappa shape index (κ2) is 10.7. The molecule has 1 aliphatic rings. The highest BCUT2D eigenvalue weighted by atomic mass is 16.1. The van der Waals surface area contributed by atoms with Crippen LogP contribution in [0.5, 0.6) is 0 Å². The van der Waals surface area contributed by atoms with E-state index in [9.17, 15) is 4.79 Å². The summed E-state index contributed by atoms with van der Waals surface area (Å²) in [6.07, 6.45) is 3.30.